The molecule has 4 heteroatoms. The lowest BCUT2D eigenvalue weighted by Crippen LogP contribution is -2.02. The lowest BCUT2D eigenvalue weighted by molar-refractivity contribution is 0.269. The Morgan fingerprint density at radius 1 is 1.26 bits per heavy atom. The van der Waals surface area contributed by atoms with Gasteiger partial charge in [-0.2, -0.15) is 5.10 Å². The molecule has 2 rings (SSSR count). The van der Waals surface area contributed by atoms with Crippen LogP contribution in [0.15, 0.2) is 36.7 Å². The zero-order chi connectivity index (χ0) is 13.7. The Morgan fingerprint density at radius 3 is 2.63 bits per heavy atom. The normalized spacial score (nSPS) is 10.9. The van der Waals surface area contributed by atoms with Crippen LogP contribution in [0.2, 0.25) is 0 Å². The molecule has 1 aromatic heterocycles. The van der Waals surface area contributed by atoms with E-state index in [1.807, 2.05) is 12.4 Å². The third-order valence-corrected chi connectivity index (χ3v) is 3.09. The number of aliphatic hydroxyl groups excluding tert-OH is 1. The third kappa shape index (κ3) is 3.83. The van der Waals surface area contributed by atoms with Crippen LogP contribution in [0.4, 0.5) is 5.69 Å². The Morgan fingerprint density at radius 2 is 2.00 bits per heavy atom. The summed E-state index contributed by atoms with van der Waals surface area (Å²) in [5.41, 5.74) is 3.57. The number of hydrogen-bond acceptors (Lipinski definition) is 3. The van der Waals surface area contributed by atoms with Crippen molar-refractivity contribution >= 4 is 5.69 Å². The van der Waals surface area contributed by atoms with Crippen molar-refractivity contribution < 1.29 is 5.11 Å². The number of hydrogen-bond donors (Lipinski definition) is 2. The fourth-order valence-corrected chi connectivity index (χ4v) is 1.91. The number of nitrogens with zero attached hydrogens (tertiary/aromatic N) is 2. The molecule has 0 aliphatic carbocycles. The molecule has 0 fully saturated rings. The number of aromatic nitrogens is 2. The van der Waals surface area contributed by atoms with Crippen LogP contribution >= 0.6 is 0 Å². The second kappa shape index (κ2) is 6.38. The van der Waals surface area contributed by atoms with Gasteiger partial charge in [0.25, 0.3) is 0 Å². The fourth-order valence-electron chi connectivity index (χ4n) is 1.91. The highest BCUT2D eigenvalue weighted by Crippen LogP contribution is 2.17. The highest BCUT2D eigenvalue weighted by Gasteiger charge is 2.00. The largest absolute Gasteiger partial charge is 0.394 e. The first-order valence-corrected chi connectivity index (χ1v) is 6.65. The maximum absolute atomic E-state index is 8.83. The van der Waals surface area contributed by atoms with Gasteiger partial charge in [0.05, 0.1) is 19.3 Å². The summed E-state index contributed by atoms with van der Waals surface area (Å²) in [6.45, 7) is 5.79. The van der Waals surface area contributed by atoms with Gasteiger partial charge in [-0.1, -0.05) is 26.0 Å². The standard InChI is InChI=1S/C15H21N3O/c1-12(2)14-3-5-15(6-4-14)16-9-13-10-17-18(11-13)7-8-19/h3-6,10-12,16,19H,7-9H2,1-2H3. The molecule has 0 radical (unpaired) electrons. The summed E-state index contributed by atoms with van der Waals surface area (Å²) in [7, 11) is 0. The lowest BCUT2D eigenvalue weighted by Gasteiger charge is -2.08. The molecule has 0 saturated carbocycles. The van der Waals surface area contributed by atoms with Crippen molar-refractivity contribution in [3.63, 3.8) is 0 Å². The van der Waals surface area contributed by atoms with Gasteiger partial charge >= 0.3 is 0 Å². The Bertz CT molecular complexity index is 502. The Labute approximate surface area is 114 Å². The average Bonchev–Trinajstić information content (AvgIpc) is 2.85. The van der Waals surface area contributed by atoms with Crippen molar-refractivity contribution in [1.82, 2.24) is 9.78 Å². The number of benzene rings is 1. The molecular weight excluding hydrogens is 238 g/mol. The molecule has 0 bridgehead atoms. The molecule has 2 N–H and O–H groups in total. The lowest BCUT2D eigenvalue weighted by atomic mass is 10.0. The van der Waals surface area contributed by atoms with Crippen LogP contribution in [0, 0.1) is 0 Å². The SMILES string of the molecule is CC(C)c1ccc(NCc2cnn(CCO)c2)cc1. The molecule has 1 heterocycles. The van der Waals surface area contributed by atoms with Crippen molar-refractivity contribution in [3.05, 3.63) is 47.8 Å². The van der Waals surface area contributed by atoms with Gasteiger partial charge in [0.2, 0.25) is 0 Å². The van der Waals surface area contributed by atoms with Crippen molar-refractivity contribution in [2.75, 3.05) is 11.9 Å². The van der Waals surface area contributed by atoms with E-state index < -0.39 is 0 Å². The van der Waals surface area contributed by atoms with Crippen molar-refractivity contribution in [3.8, 4) is 0 Å². The molecule has 4 nitrogen and oxygen atoms in total. The van der Waals surface area contributed by atoms with Crippen LogP contribution in [0.5, 0.6) is 0 Å². The van der Waals surface area contributed by atoms with Crippen LogP contribution < -0.4 is 5.32 Å². The van der Waals surface area contributed by atoms with Crippen molar-refractivity contribution in [2.45, 2.75) is 32.9 Å². The quantitative estimate of drug-likeness (QED) is 0.838. The summed E-state index contributed by atoms with van der Waals surface area (Å²) in [5.74, 6) is 0.561. The predicted octanol–water partition coefficient (Wildman–Crippen LogP) is 2.61. The Hall–Kier alpha value is -1.81. The van der Waals surface area contributed by atoms with Gasteiger partial charge in [0, 0.05) is 24.0 Å². The van der Waals surface area contributed by atoms with Gasteiger partial charge in [-0.25, -0.2) is 0 Å². The number of aliphatic hydroxyl groups is 1. The van der Waals surface area contributed by atoms with E-state index in [1.165, 1.54) is 5.56 Å². The summed E-state index contributed by atoms with van der Waals surface area (Å²) >= 11 is 0. The molecule has 0 amide bonds. The first kappa shape index (κ1) is 13.6. The van der Waals surface area contributed by atoms with Gasteiger partial charge in [-0.15, -0.1) is 0 Å². The van der Waals surface area contributed by atoms with E-state index in [1.54, 1.807) is 4.68 Å². The molecule has 0 aliphatic rings. The highest BCUT2D eigenvalue weighted by atomic mass is 16.3. The molecule has 0 aliphatic heterocycles. The molecule has 0 saturated heterocycles. The van der Waals surface area contributed by atoms with E-state index in [2.05, 4.69) is 48.5 Å². The van der Waals surface area contributed by atoms with Gasteiger partial charge in [0.1, 0.15) is 0 Å². The zero-order valence-electron chi connectivity index (χ0n) is 11.5. The van der Waals surface area contributed by atoms with E-state index in [9.17, 15) is 0 Å². The minimum Gasteiger partial charge on any atom is -0.394 e. The number of anilines is 1. The van der Waals surface area contributed by atoms with Crippen molar-refractivity contribution in [1.29, 1.82) is 0 Å². The van der Waals surface area contributed by atoms with Crippen LogP contribution in [-0.4, -0.2) is 21.5 Å². The monoisotopic (exact) mass is 259 g/mol. The molecule has 1 aromatic carbocycles. The van der Waals surface area contributed by atoms with E-state index >= 15 is 0 Å². The molecule has 102 valence electrons. The van der Waals surface area contributed by atoms with Crippen molar-refractivity contribution in [2.24, 2.45) is 0 Å². The average molecular weight is 259 g/mol. The second-order valence-electron chi connectivity index (χ2n) is 4.97. The van der Waals surface area contributed by atoms with Gasteiger partial charge < -0.3 is 10.4 Å². The number of nitrogens with one attached hydrogen (secondary N) is 1. The summed E-state index contributed by atoms with van der Waals surface area (Å²) < 4.78 is 1.75. The first-order valence-electron chi connectivity index (χ1n) is 6.65. The Kier molecular flexibility index (Phi) is 4.58. The van der Waals surface area contributed by atoms with E-state index in [4.69, 9.17) is 5.11 Å². The molecule has 0 atom stereocenters. The predicted molar refractivity (Wildman–Crippen MR) is 77.2 cm³/mol. The third-order valence-electron chi connectivity index (χ3n) is 3.09. The van der Waals surface area contributed by atoms with Crippen LogP contribution in [-0.2, 0) is 13.1 Å². The maximum Gasteiger partial charge on any atom is 0.0640 e. The van der Waals surface area contributed by atoms with Gasteiger partial charge in [-0.3, -0.25) is 4.68 Å². The summed E-state index contributed by atoms with van der Waals surface area (Å²) in [6.07, 6.45) is 3.77. The fraction of sp³-hybridized carbons (Fsp3) is 0.400. The minimum absolute atomic E-state index is 0.116. The summed E-state index contributed by atoms with van der Waals surface area (Å²) in [6, 6.07) is 8.52. The van der Waals surface area contributed by atoms with Crippen LogP contribution in [0.25, 0.3) is 0 Å². The summed E-state index contributed by atoms with van der Waals surface area (Å²) in [4.78, 5) is 0. The van der Waals surface area contributed by atoms with E-state index in [-0.39, 0.29) is 6.61 Å². The topological polar surface area (TPSA) is 50.1 Å². The molecular formula is C15H21N3O. The zero-order valence-corrected chi connectivity index (χ0v) is 11.5. The summed E-state index contributed by atoms with van der Waals surface area (Å²) in [5, 5.41) is 16.4. The minimum atomic E-state index is 0.116. The molecule has 0 spiro atoms. The maximum atomic E-state index is 8.83. The molecule has 19 heavy (non-hydrogen) atoms. The van der Waals surface area contributed by atoms with Crippen LogP contribution in [0.3, 0.4) is 0 Å². The number of rotatable bonds is 6. The van der Waals surface area contributed by atoms with E-state index in [0.717, 1.165) is 17.8 Å². The second-order valence-corrected chi connectivity index (χ2v) is 4.97. The molecule has 0 unspecified atom stereocenters. The van der Waals surface area contributed by atoms with Gasteiger partial charge in [-0.05, 0) is 23.6 Å². The highest BCUT2D eigenvalue weighted by molar-refractivity contribution is 5.45. The van der Waals surface area contributed by atoms with Crippen LogP contribution in [0.1, 0.15) is 30.9 Å². The smallest absolute Gasteiger partial charge is 0.0640 e. The Balaban J connectivity index is 1.90. The van der Waals surface area contributed by atoms with E-state index in [0.29, 0.717) is 12.5 Å². The molecule has 2 aromatic rings. The van der Waals surface area contributed by atoms with Gasteiger partial charge in [0.15, 0.2) is 0 Å². The first-order chi connectivity index (χ1) is 9.19.